The van der Waals surface area contributed by atoms with Crippen LogP contribution in [0.25, 0.3) is 11.3 Å². The third-order valence-corrected chi connectivity index (χ3v) is 3.96. The molecule has 2 aromatic heterocycles. The highest BCUT2D eigenvalue weighted by Crippen LogP contribution is 2.22. The van der Waals surface area contributed by atoms with Crippen molar-refractivity contribution in [3.8, 4) is 11.3 Å². The van der Waals surface area contributed by atoms with Crippen LogP contribution in [0.3, 0.4) is 0 Å². The van der Waals surface area contributed by atoms with Crippen molar-refractivity contribution in [3.05, 3.63) is 66.7 Å². The Kier molecular flexibility index (Phi) is 5.94. The smallest absolute Gasteiger partial charge is 0.319 e. The largest absolute Gasteiger partial charge is 0.362 e. The Labute approximate surface area is 158 Å². The molecule has 3 aromatic rings. The number of pyridine rings is 1. The SMILES string of the molecule is CCNC(=O)Nc1ccc(-c2cncc(NC(C)c3cccnc3)n2)cc1. The summed E-state index contributed by atoms with van der Waals surface area (Å²) in [5.74, 6) is 0.688. The van der Waals surface area contributed by atoms with Crippen molar-refractivity contribution in [1.82, 2.24) is 20.3 Å². The lowest BCUT2D eigenvalue weighted by molar-refractivity contribution is 0.252. The number of urea groups is 1. The predicted octanol–water partition coefficient (Wildman–Crippen LogP) is 3.85. The van der Waals surface area contributed by atoms with E-state index in [1.54, 1.807) is 18.6 Å². The summed E-state index contributed by atoms with van der Waals surface area (Å²) in [6.07, 6.45) is 6.99. The fraction of sp³-hybridized carbons (Fsp3) is 0.200. The van der Waals surface area contributed by atoms with Crippen LogP contribution in [0.15, 0.2) is 61.2 Å². The number of benzene rings is 1. The summed E-state index contributed by atoms with van der Waals surface area (Å²) in [7, 11) is 0. The second-order valence-corrected chi connectivity index (χ2v) is 6.00. The summed E-state index contributed by atoms with van der Waals surface area (Å²) in [5, 5.41) is 8.81. The second kappa shape index (κ2) is 8.75. The first-order valence-corrected chi connectivity index (χ1v) is 8.79. The van der Waals surface area contributed by atoms with Crippen molar-refractivity contribution in [2.75, 3.05) is 17.2 Å². The van der Waals surface area contributed by atoms with Gasteiger partial charge in [-0.05, 0) is 37.6 Å². The van der Waals surface area contributed by atoms with Crippen molar-refractivity contribution in [3.63, 3.8) is 0 Å². The highest BCUT2D eigenvalue weighted by molar-refractivity contribution is 5.89. The van der Waals surface area contributed by atoms with Crippen LogP contribution in [0.5, 0.6) is 0 Å². The Bertz CT molecular complexity index is 882. The van der Waals surface area contributed by atoms with Crippen LogP contribution in [0.1, 0.15) is 25.5 Å². The van der Waals surface area contributed by atoms with E-state index in [1.807, 2.05) is 56.4 Å². The first-order chi connectivity index (χ1) is 13.2. The molecule has 1 aromatic carbocycles. The van der Waals surface area contributed by atoms with E-state index in [-0.39, 0.29) is 12.1 Å². The van der Waals surface area contributed by atoms with Gasteiger partial charge >= 0.3 is 6.03 Å². The van der Waals surface area contributed by atoms with Gasteiger partial charge in [-0.25, -0.2) is 9.78 Å². The van der Waals surface area contributed by atoms with Crippen molar-refractivity contribution in [1.29, 1.82) is 0 Å². The fourth-order valence-electron chi connectivity index (χ4n) is 2.57. The molecule has 0 saturated carbocycles. The standard InChI is InChI=1S/C20H22N6O/c1-3-23-20(27)25-17-8-6-15(7-9-17)18-12-22-13-19(26-18)24-14(2)16-5-4-10-21-11-16/h4-14H,3H2,1-2H3,(H,24,26)(H2,23,25,27). The van der Waals surface area contributed by atoms with Crippen LogP contribution in [0.2, 0.25) is 0 Å². The summed E-state index contributed by atoms with van der Waals surface area (Å²) in [6, 6.07) is 11.2. The van der Waals surface area contributed by atoms with Crippen molar-refractivity contribution in [2.24, 2.45) is 0 Å². The van der Waals surface area contributed by atoms with E-state index < -0.39 is 0 Å². The minimum Gasteiger partial charge on any atom is -0.362 e. The molecule has 7 heteroatoms. The number of aromatic nitrogens is 3. The minimum atomic E-state index is -0.222. The lowest BCUT2D eigenvalue weighted by Crippen LogP contribution is -2.28. The third kappa shape index (κ3) is 5.01. The van der Waals surface area contributed by atoms with Crippen LogP contribution in [-0.2, 0) is 0 Å². The zero-order valence-corrected chi connectivity index (χ0v) is 15.3. The zero-order valence-electron chi connectivity index (χ0n) is 15.3. The molecule has 3 rings (SSSR count). The average Bonchev–Trinajstić information content (AvgIpc) is 2.69. The monoisotopic (exact) mass is 362 g/mol. The van der Waals surface area contributed by atoms with E-state index in [0.717, 1.165) is 22.5 Å². The number of nitrogens with one attached hydrogen (secondary N) is 3. The second-order valence-electron chi connectivity index (χ2n) is 6.00. The van der Waals surface area contributed by atoms with E-state index in [9.17, 15) is 4.79 Å². The number of anilines is 2. The fourth-order valence-corrected chi connectivity index (χ4v) is 2.57. The van der Waals surface area contributed by atoms with Gasteiger partial charge in [0.15, 0.2) is 0 Å². The van der Waals surface area contributed by atoms with Crippen molar-refractivity contribution in [2.45, 2.75) is 19.9 Å². The van der Waals surface area contributed by atoms with Gasteiger partial charge in [-0.2, -0.15) is 0 Å². The molecule has 0 aliphatic rings. The summed E-state index contributed by atoms with van der Waals surface area (Å²) < 4.78 is 0. The van der Waals surface area contributed by atoms with E-state index in [2.05, 4.69) is 30.9 Å². The number of carbonyl (C=O) groups is 1. The van der Waals surface area contributed by atoms with Gasteiger partial charge in [-0.1, -0.05) is 18.2 Å². The van der Waals surface area contributed by atoms with Gasteiger partial charge in [0, 0.05) is 30.2 Å². The first kappa shape index (κ1) is 18.3. The van der Waals surface area contributed by atoms with Crippen LogP contribution >= 0.6 is 0 Å². The molecule has 7 nitrogen and oxygen atoms in total. The number of hydrogen-bond donors (Lipinski definition) is 3. The van der Waals surface area contributed by atoms with Gasteiger partial charge in [0.2, 0.25) is 0 Å². The van der Waals surface area contributed by atoms with E-state index in [0.29, 0.717) is 12.4 Å². The molecule has 0 aliphatic carbocycles. The molecule has 1 unspecified atom stereocenters. The number of carbonyl (C=O) groups excluding carboxylic acids is 1. The molecule has 0 aliphatic heterocycles. The number of nitrogens with zero attached hydrogens (tertiary/aromatic N) is 3. The molecular formula is C20H22N6O. The molecule has 3 N–H and O–H groups in total. The van der Waals surface area contributed by atoms with Gasteiger partial charge < -0.3 is 16.0 Å². The normalized spacial score (nSPS) is 11.5. The van der Waals surface area contributed by atoms with Gasteiger partial charge in [-0.3, -0.25) is 9.97 Å². The first-order valence-electron chi connectivity index (χ1n) is 8.79. The molecule has 2 heterocycles. The molecule has 0 bridgehead atoms. The number of rotatable bonds is 6. The lowest BCUT2D eigenvalue weighted by atomic mass is 10.1. The Morgan fingerprint density at radius 1 is 1.07 bits per heavy atom. The van der Waals surface area contributed by atoms with Gasteiger partial charge in [0.25, 0.3) is 0 Å². The Morgan fingerprint density at radius 3 is 2.59 bits per heavy atom. The Hall–Kier alpha value is -3.48. The number of amides is 2. The maximum atomic E-state index is 11.6. The summed E-state index contributed by atoms with van der Waals surface area (Å²) in [5.41, 5.74) is 3.47. The molecule has 0 spiro atoms. The topological polar surface area (TPSA) is 91.8 Å². The molecule has 0 radical (unpaired) electrons. The summed E-state index contributed by atoms with van der Waals surface area (Å²) in [4.78, 5) is 24.6. The number of hydrogen-bond acceptors (Lipinski definition) is 5. The van der Waals surface area contributed by atoms with Crippen LogP contribution in [0, 0.1) is 0 Å². The van der Waals surface area contributed by atoms with Gasteiger partial charge in [0.1, 0.15) is 5.82 Å². The van der Waals surface area contributed by atoms with Gasteiger partial charge in [-0.15, -0.1) is 0 Å². The Morgan fingerprint density at radius 2 is 1.89 bits per heavy atom. The highest BCUT2D eigenvalue weighted by atomic mass is 16.2. The predicted molar refractivity (Wildman–Crippen MR) is 106 cm³/mol. The van der Waals surface area contributed by atoms with Gasteiger partial charge in [0.05, 0.1) is 24.1 Å². The average molecular weight is 362 g/mol. The van der Waals surface area contributed by atoms with Crippen LogP contribution in [0.4, 0.5) is 16.3 Å². The van der Waals surface area contributed by atoms with E-state index in [4.69, 9.17) is 0 Å². The minimum absolute atomic E-state index is 0.0619. The molecule has 138 valence electrons. The molecule has 1 atom stereocenters. The quantitative estimate of drug-likeness (QED) is 0.619. The lowest BCUT2D eigenvalue weighted by Gasteiger charge is -2.14. The highest BCUT2D eigenvalue weighted by Gasteiger charge is 2.08. The van der Waals surface area contributed by atoms with E-state index >= 15 is 0 Å². The summed E-state index contributed by atoms with van der Waals surface area (Å²) >= 11 is 0. The molecule has 0 fully saturated rings. The van der Waals surface area contributed by atoms with Crippen molar-refractivity contribution >= 4 is 17.5 Å². The molecular weight excluding hydrogens is 340 g/mol. The molecule has 0 saturated heterocycles. The maximum absolute atomic E-state index is 11.6. The molecule has 27 heavy (non-hydrogen) atoms. The third-order valence-electron chi connectivity index (χ3n) is 3.96. The van der Waals surface area contributed by atoms with Crippen LogP contribution < -0.4 is 16.0 Å². The maximum Gasteiger partial charge on any atom is 0.319 e. The van der Waals surface area contributed by atoms with Crippen LogP contribution in [-0.4, -0.2) is 27.5 Å². The molecule has 2 amide bonds. The zero-order chi connectivity index (χ0) is 19.1. The van der Waals surface area contributed by atoms with Crippen molar-refractivity contribution < 1.29 is 4.79 Å². The van der Waals surface area contributed by atoms with E-state index in [1.165, 1.54) is 0 Å². The summed E-state index contributed by atoms with van der Waals surface area (Å²) in [6.45, 7) is 4.50. The Balaban J connectivity index is 1.70.